The molecule has 1 heterocycles. The Kier molecular flexibility index (Phi) is 3.99. The van der Waals surface area contributed by atoms with Gasteiger partial charge < -0.3 is 29.9 Å². The van der Waals surface area contributed by atoms with E-state index in [1.54, 1.807) is 0 Å². The van der Waals surface area contributed by atoms with Gasteiger partial charge in [-0.05, 0) is 48.1 Å². The summed E-state index contributed by atoms with van der Waals surface area (Å²) in [6.07, 6.45) is -7.31. The number of rotatable bonds is 6. The van der Waals surface area contributed by atoms with E-state index in [4.69, 9.17) is 33.4 Å². The highest BCUT2D eigenvalue weighted by molar-refractivity contribution is 6.31. The maximum absolute atomic E-state index is 10.4. The largest absolute Gasteiger partial charge is 0.494 e. The molecule has 1 saturated heterocycles. The van der Waals surface area contributed by atoms with Crippen molar-refractivity contribution in [1.29, 1.82) is 0 Å². The highest BCUT2D eigenvalue weighted by Crippen LogP contribution is 2.34. The smallest absolute Gasteiger partial charge is 0.119 e. The maximum Gasteiger partial charge on any atom is 0.119 e. The van der Waals surface area contributed by atoms with Crippen molar-refractivity contribution in [1.82, 2.24) is 0 Å². The molecule has 1 fully saturated rings. The summed E-state index contributed by atoms with van der Waals surface area (Å²) in [5.41, 5.74) is 0.422. The van der Waals surface area contributed by atoms with Crippen LogP contribution in [0.3, 0.4) is 0 Å². The lowest BCUT2D eigenvalue weighted by Gasteiger charge is -2.40. The van der Waals surface area contributed by atoms with Crippen LogP contribution in [0.15, 0.2) is 42.4 Å². The van der Waals surface area contributed by atoms with Crippen LogP contribution in [0.1, 0.15) is 42.0 Å². The van der Waals surface area contributed by atoms with Crippen LogP contribution in [-0.4, -0.2) is 58.0 Å². The molecule has 0 saturated carbocycles. The molecular weight excluding hydrogens is 384 g/mol. The summed E-state index contributed by atoms with van der Waals surface area (Å²) in [6.45, 7) is -7.16. The lowest BCUT2D eigenvalue weighted by Crippen LogP contribution is -2.55. The van der Waals surface area contributed by atoms with Crippen LogP contribution in [0.4, 0.5) is 0 Å². The fourth-order valence-corrected chi connectivity index (χ4v) is 3.18. The molecule has 0 aromatic heterocycles. The molecule has 0 aliphatic carbocycles. The quantitative estimate of drug-likeness (QED) is 0.572. The van der Waals surface area contributed by atoms with Gasteiger partial charge in [-0.2, -0.15) is 0 Å². The first-order chi connectivity index (χ1) is 17.0. The third-order valence-electron chi connectivity index (χ3n) is 4.46. The molecule has 0 unspecified atom stereocenters. The minimum Gasteiger partial charge on any atom is -0.494 e. The van der Waals surface area contributed by atoms with E-state index in [1.807, 2.05) is 0 Å². The first-order valence-corrected chi connectivity index (χ1v) is 8.76. The Hall–Kier alpha value is -1.67. The molecule has 3 rings (SSSR count). The van der Waals surface area contributed by atoms with Crippen molar-refractivity contribution >= 4 is 11.6 Å². The molecule has 2 aromatic carbocycles. The van der Waals surface area contributed by atoms with Crippen LogP contribution < -0.4 is 4.74 Å². The molecule has 1 aliphatic rings. The number of ether oxygens (including phenoxy) is 2. The fraction of sp³-hybridized carbons (Fsp3) is 0.429. The van der Waals surface area contributed by atoms with Gasteiger partial charge in [-0.1, -0.05) is 35.8 Å². The van der Waals surface area contributed by atoms with Gasteiger partial charge in [-0.15, -0.1) is 0 Å². The minimum atomic E-state index is -3.28. The molecule has 6 nitrogen and oxygen atoms in total. The standard InChI is InChI=1S/C21H25ClO6/c1-2-27-15-6-3-12(4-7-15)9-14-10-13(5-8-16(14)22)21-20(26)19(25)18(24)17(11-23)28-21/h3-8,10,17-21,23-26H,2,9,11H2,1H3/t17-,18-,19+,20-,21+/m1/s1/i1D3,2D2,3D,4D,6D,7D. The van der Waals surface area contributed by atoms with Gasteiger partial charge in [0.05, 0.1) is 21.4 Å². The minimum absolute atomic E-state index is 0.148. The Morgan fingerprint density at radius 1 is 1.18 bits per heavy atom. The fourth-order valence-electron chi connectivity index (χ4n) is 2.99. The zero-order valence-electron chi connectivity index (χ0n) is 23.5. The molecule has 0 radical (unpaired) electrons. The van der Waals surface area contributed by atoms with E-state index in [9.17, 15) is 20.4 Å². The maximum atomic E-state index is 10.4. The number of aliphatic hydroxyl groups excluding tert-OH is 4. The van der Waals surface area contributed by atoms with Gasteiger partial charge in [-0.25, -0.2) is 0 Å². The summed E-state index contributed by atoms with van der Waals surface area (Å²) in [7, 11) is 0. The summed E-state index contributed by atoms with van der Waals surface area (Å²) >= 11 is 6.30. The topological polar surface area (TPSA) is 99.4 Å². The number of aliphatic hydroxyl groups is 4. The van der Waals surface area contributed by atoms with Gasteiger partial charge in [0.15, 0.2) is 0 Å². The molecule has 1 aliphatic heterocycles. The molecule has 2 aromatic rings. The van der Waals surface area contributed by atoms with Crippen LogP contribution >= 0.6 is 11.6 Å². The van der Waals surface area contributed by atoms with E-state index < -0.39 is 80.5 Å². The lowest BCUT2D eigenvalue weighted by atomic mass is 9.90. The van der Waals surface area contributed by atoms with Gasteiger partial charge in [0.25, 0.3) is 0 Å². The predicted octanol–water partition coefficient (Wildman–Crippen LogP) is 1.84. The van der Waals surface area contributed by atoms with Crippen molar-refractivity contribution in [2.45, 2.75) is 43.8 Å². The van der Waals surface area contributed by atoms with E-state index in [-0.39, 0.29) is 28.1 Å². The Morgan fingerprint density at radius 2 is 1.93 bits per heavy atom. The summed E-state index contributed by atoms with van der Waals surface area (Å²) in [6, 6.07) is 1.56. The average molecular weight is 418 g/mol. The second kappa shape index (κ2) is 9.22. The molecule has 0 spiro atoms. The van der Waals surface area contributed by atoms with E-state index in [1.165, 1.54) is 18.2 Å². The van der Waals surface area contributed by atoms with Crippen LogP contribution in [-0.2, 0) is 11.2 Å². The molecule has 5 atom stereocenters. The Labute approximate surface area is 181 Å². The SMILES string of the molecule is [2H]c1c([2H])c(OC([2H])([2H])C([2H])([2H])[2H])c([2H])c([2H])c1Cc1cc([C@@H]2O[C@H](CO)[C@@H](O)[C@H](O)[C@H]2O)ccc1Cl. The van der Waals surface area contributed by atoms with Crippen molar-refractivity contribution < 1.29 is 42.2 Å². The molecular formula is C21H25ClO6. The van der Waals surface area contributed by atoms with E-state index in [2.05, 4.69) is 0 Å². The predicted molar refractivity (Wildman–Crippen MR) is 105 cm³/mol. The van der Waals surface area contributed by atoms with Crippen LogP contribution in [0.25, 0.3) is 0 Å². The van der Waals surface area contributed by atoms with Gasteiger partial charge in [-0.3, -0.25) is 0 Å². The Bertz CT molecular complexity index is 1130. The molecule has 7 heteroatoms. The van der Waals surface area contributed by atoms with E-state index in [0.717, 1.165) is 0 Å². The van der Waals surface area contributed by atoms with Crippen molar-refractivity contribution in [2.24, 2.45) is 0 Å². The summed E-state index contributed by atoms with van der Waals surface area (Å²) in [5, 5.41) is 40.1. The van der Waals surface area contributed by atoms with Gasteiger partial charge in [0.1, 0.15) is 36.3 Å². The molecule has 0 bridgehead atoms. The van der Waals surface area contributed by atoms with Crippen molar-refractivity contribution in [3.05, 3.63) is 64.1 Å². The highest BCUT2D eigenvalue weighted by Gasteiger charge is 2.43. The third kappa shape index (κ3) is 4.49. The molecule has 152 valence electrons. The van der Waals surface area contributed by atoms with Crippen molar-refractivity contribution in [2.75, 3.05) is 13.2 Å². The van der Waals surface area contributed by atoms with Gasteiger partial charge in [0.2, 0.25) is 0 Å². The Morgan fingerprint density at radius 3 is 2.61 bits per heavy atom. The molecule has 0 amide bonds. The lowest BCUT2D eigenvalue weighted by molar-refractivity contribution is -0.231. The monoisotopic (exact) mass is 417 g/mol. The Balaban J connectivity index is 2.00. The number of halogens is 1. The molecule has 28 heavy (non-hydrogen) atoms. The van der Waals surface area contributed by atoms with Crippen LogP contribution in [0.2, 0.25) is 5.02 Å². The van der Waals surface area contributed by atoms with Crippen molar-refractivity contribution in [3.8, 4) is 5.75 Å². The van der Waals surface area contributed by atoms with Crippen LogP contribution in [0.5, 0.6) is 5.75 Å². The van der Waals surface area contributed by atoms with E-state index >= 15 is 0 Å². The first-order valence-electron chi connectivity index (χ1n) is 12.9. The number of hydrogen-bond donors (Lipinski definition) is 4. The van der Waals surface area contributed by atoms with Gasteiger partial charge in [0, 0.05) is 9.13 Å². The summed E-state index contributed by atoms with van der Waals surface area (Å²) in [5.74, 6) is -0.860. The normalized spacial score (nSPS) is 33.2. The average Bonchev–Trinajstić information content (AvgIpc) is 2.82. The van der Waals surface area contributed by atoms with E-state index in [0.29, 0.717) is 0 Å². The third-order valence-corrected chi connectivity index (χ3v) is 4.83. The molecule has 4 N–H and O–H groups in total. The van der Waals surface area contributed by atoms with Crippen LogP contribution in [0, 0.1) is 0 Å². The number of benzene rings is 2. The van der Waals surface area contributed by atoms with Gasteiger partial charge >= 0.3 is 0 Å². The van der Waals surface area contributed by atoms with Crippen molar-refractivity contribution in [3.63, 3.8) is 0 Å². The zero-order valence-corrected chi connectivity index (χ0v) is 15.3. The second-order valence-electron chi connectivity index (χ2n) is 6.29. The summed E-state index contributed by atoms with van der Waals surface area (Å²) < 4.78 is 80.2. The number of hydrogen-bond acceptors (Lipinski definition) is 6. The second-order valence-corrected chi connectivity index (χ2v) is 6.70. The highest BCUT2D eigenvalue weighted by atomic mass is 35.5. The summed E-state index contributed by atoms with van der Waals surface area (Å²) in [4.78, 5) is 0. The zero-order chi connectivity index (χ0) is 28.0. The first kappa shape index (κ1) is 12.1.